The van der Waals surface area contributed by atoms with Gasteiger partial charge >= 0.3 is 6.03 Å². The van der Waals surface area contributed by atoms with E-state index in [9.17, 15) is 4.79 Å². The third-order valence-electron chi connectivity index (χ3n) is 4.96. The molecule has 0 radical (unpaired) electrons. The number of hydrogen-bond donors (Lipinski definition) is 1. The van der Waals surface area contributed by atoms with Crippen LogP contribution in [0.1, 0.15) is 46.0 Å². The number of nitrogens with zero attached hydrogens (tertiary/aromatic N) is 2. The number of rotatable bonds is 3. The van der Waals surface area contributed by atoms with Gasteiger partial charge in [-0.15, -0.1) is 0 Å². The molecule has 3 aliphatic rings. The minimum atomic E-state index is 0.170. The average Bonchev–Trinajstić information content (AvgIpc) is 3.11. The lowest BCUT2D eigenvalue weighted by Crippen LogP contribution is -2.47. The van der Waals surface area contributed by atoms with Crippen molar-refractivity contribution in [3.63, 3.8) is 0 Å². The molecule has 2 heterocycles. The van der Waals surface area contributed by atoms with Crippen molar-refractivity contribution in [3.8, 4) is 0 Å². The van der Waals surface area contributed by atoms with Crippen LogP contribution in [-0.2, 0) is 0 Å². The maximum Gasteiger partial charge on any atom is 0.317 e. The largest absolute Gasteiger partial charge is 0.338 e. The molecule has 1 saturated carbocycles. The maximum absolute atomic E-state index is 12.2. The van der Waals surface area contributed by atoms with Gasteiger partial charge in [0.15, 0.2) is 0 Å². The molecule has 1 aliphatic carbocycles. The van der Waals surface area contributed by atoms with Crippen molar-refractivity contribution < 1.29 is 4.79 Å². The van der Waals surface area contributed by atoms with Gasteiger partial charge in [-0.05, 0) is 51.9 Å². The zero-order valence-corrected chi connectivity index (χ0v) is 12.3. The summed E-state index contributed by atoms with van der Waals surface area (Å²) in [6, 6.07) is 2.06. The topological polar surface area (TPSA) is 35.6 Å². The molecule has 0 aromatic heterocycles. The molecule has 108 valence electrons. The van der Waals surface area contributed by atoms with Gasteiger partial charge in [0.25, 0.3) is 0 Å². The lowest BCUT2D eigenvalue weighted by Gasteiger charge is -2.32. The highest BCUT2D eigenvalue weighted by molar-refractivity contribution is 5.74. The van der Waals surface area contributed by atoms with Crippen LogP contribution in [0.15, 0.2) is 0 Å². The molecule has 3 rings (SSSR count). The molecule has 4 nitrogen and oxygen atoms in total. The summed E-state index contributed by atoms with van der Waals surface area (Å²) in [7, 11) is 0. The molecular weight excluding hydrogens is 238 g/mol. The smallest absolute Gasteiger partial charge is 0.317 e. The standard InChI is InChI=1S/C15H27N3O/c1-11(2)18-13-5-6-14(18)10-17(8-7-13)15(19)16-9-12-3-4-12/h11-14H,3-10H2,1-2H3,(H,16,19). The fourth-order valence-electron chi connectivity index (χ4n) is 3.80. The Morgan fingerprint density at radius 2 is 1.89 bits per heavy atom. The van der Waals surface area contributed by atoms with Crippen LogP contribution in [0, 0.1) is 5.92 Å². The monoisotopic (exact) mass is 265 g/mol. The van der Waals surface area contributed by atoms with Gasteiger partial charge in [0.1, 0.15) is 0 Å². The van der Waals surface area contributed by atoms with E-state index in [-0.39, 0.29) is 6.03 Å². The molecule has 2 amide bonds. The van der Waals surface area contributed by atoms with Crippen LogP contribution >= 0.6 is 0 Å². The fraction of sp³-hybridized carbons (Fsp3) is 0.933. The number of nitrogens with one attached hydrogen (secondary N) is 1. The third-order valence-corrected chi connectivity index (χ3v) is 4.96. The third kappa shape index (κ3) is 2.88. The number of urea groups is 1. The molecule has 1 N–H and O–H groups in total. The second kappa shape index (κ2) is 5.31. The van der Waals surface area contributed by atoms with Crippen LogP contribution < -0.4 is 5.32 Å². The van der Waals surface area contributed by atoms with Gasteiger partial charge < -0.3 is 10.2 Å². The number of fused-ring (bicyclic) bond motifs is 2. The zero-order chi connectivity index (χ0) is 13.4. The molecule has 19 heavy (non-hydrogen) atoms. The lowest BCUT2D eigenvalue weighted by atomic mass is 10.1. The first-order chi connectivity index (χ1) is 9.15. The summed E-state index contributed by atoms with van der Waals surface area (Å²) in [5, 5.41) is 3.11. The number of amides is 2. The molecule has 0 spiro atoms. The van der Waals surface area contributed by atoms with Crippen molar-refractivity contribution >= 4 is 6.03 Å². The summed E-state index contributed by atoms with van der Waals surface area (Å²) >= 11 is 0. The molecule has 0 aromatic carbocycles. The van der Waals surface area contributed by atoms with Gasteiger partial charge in [-0.2, -0.15) is 0 Å². The van der Waals surface area contributed by atoms with E-state index in [2.05, 4.69) is 29.0 Å². The van der Waals surface area contributed by atoms with Crippen LogP contribution in [0.3, 0.4) is 0 Å². The number of carbonyl (C=O) groups excluding carboxylic acids is 1. The van der Waals surface area contributed by atoms with Gasteiger partial charge in [0.05, 0.1) is 0 Å². The Kier molecular flexibility index (Phi) is 3.70. The molecule has 2 bridgehead atoms. The van der Waals surface area contributed by atoms with Crippen molar-refractivity contribution in [1.82, 2.24) is 15.1 Å². The first-order valence-electron chi connectivity index (χ1n) is 7.95. The normalized spacial score (nSPS) is 31.6. The van der Waals surface area contributed by atoms with Crippen molar-refractivity contribution in [2.45, 2.75) is 64.1 Å². The maximum atomic E-state index is 12.2. The summed E-state index contributed by atoms with van der Waals surface area (Å²) < 4.78 is 0. The minimum absolute atomic E-state index is 0.170. The highest BCUT2D eigenvalue weighted by Gasteiger charge is 2.39. The van der Waals surface area contributed by atoms with E-state index in [1.165, 1.54) is 25.7 Å². The van der Waals surface area contributed by atoms with Gasteiger partial charge in [-0.3, -0.25) is 4.90 Å². The second-order valence-electron chi connectivity index (χ2n) is 6.79. The Balaban J connectivity index is 1.58. The molecule has 4 heteroatoms. The van der Waals surface area contributed by atoms with Gasteiger partial charge in [0, 0.05) is 37.8 Å². The molecule has 2 aliphatic heterocycles. The average molecular weight is 265 g/mol. The Morgan fingerprint density at radius 1 is 1.16 bits per heavy atom. The van der Waals surface area contributed by atoms with Crippen LogP contribution in [0.4, 0.5) is 4.79 Å². The Bertz CT molecular complexity index is 340. The van der Waals surface area contributed by atoms with E-state index in [1.807, 2.05) is 0 Å². The van der Waals surface area contributed by atoms with E-state index in [0.717, 1.165) is 32.0 Å². The zero-order valence-electron chi connectivity index (χ0n) is 12.3. The number of likely N-dealkylation sites (tertiary alicyclic amines) is 1. The molecule has 2 saturated heterocycles. The second-order valence-corrected chi connectivity index (χ2v) is 6.79. The molecule has 2 atom stereocenters. The Labute approximate surface area is 116 Å². The Hall–Kier alpha value is -0.770. The fourth-order valence-corrected chi connectivity index (χ4v) is 3.80. The number of carbonyl (C=O) groups is 1. The van der Waals surface area contributed by atoms with Crippen molar-refractivity contribution in [2.75, 3.05) is 19.6 Å². The molecule has 2 unspecified atom stereocenters. The quantitative estimate of drug-likeness (QED) is 0.848. The summed E-state index contributed by atoms with van der Waals surface area (Å²) in [4.78, 5) is 16.9. The van der Waals surface area contributed by atoms with E-state index in [1.54, 1.807) is 0 Å². The van der Waals surface area contributed by atoms with E-state index in [0.29, 0.717) is 18.1 Å². The van der Waals surface area contributed by atoms with E-state index < -0.39 is 0 Å². The van der Waals surface area contributed by atoms with E-state index >= 15 is 0 Å². The van der Waals surface area contributed by atoms with Gasteiger partial charge in [0.2, 0.25) is 0 Å². The van der Waals surface area contributed by atoms with E-state index in [4.69, 9.17) is 0 Å². The highest BCUT2D eigenvalue weighted by Crippen LogP contribution is 2.32. The summed E-state index contributed by atoms with van der Waals surface area (Å²) in [6.45, 7) is 7.31. The SMILES string of the molecule is CC(C)N1C2CCC1CN(C(=O)NCC1CC1)CC2. The summed E-state index contributed by atoms with van der Waals surface area (Å²) in [5.41, 5.74) is 0. The van der Waals surface area contributed by atoms with Crippen LogP contribution in [0.2, 0.25) is 0 Å². The first kappa shape index (κ1) is 13.2. The van der Waals surface area contributed by atoms with Crippen LogP contribution in [0.25, 0.3) is 0 Å². The minimum Gasteiger partial charge on any atom is -0.338 e. The van der Waals surface area contributed by atoms with Crippen LogP contribution in [0.5, 0.6) is 0 Å². The summed E-state index contributed by atoms with van der Waals surface area (Å²) in [5.74, 6) is 0.763. The lowest BCUT2D eigenvalue weighted by molar-refractivity contribution is 0.147. The predicted molar refractivity (Wildman–Crippen MR) is 76.1 cm³/mol. The molecular formula is C15H27N3O. The Morgan fingerprint density at radius 3 is 2.58 bits per heavy atom. The first-order valence-corrected chi connectivity index (χ1v) is 7.95. The van der Waals surface area contributed by atoms with Crippen LogP contribution in [-0.4, -0.2) is 53.6 Å². The highest BCUT2D eigenvalue weighted by atomic mass is 16.2. The van der Waals surface area contributed by atoms with Crippen molar-refractivity contribution in [1.29, 1.82) is 0 Å². The van der Waals surface area contributed by atoms with Crippen molar-refractivity contribution in [3.05, 3.63) is 0 Å². The molecule has 3 fully saturated rings. The molecule has 0 aromatic rings. The number of hydrogen-bond acceptors (Lipinski definition) is 2. The predicted octanol–water partition coefficient (Wildman–Crippen LogP) is 2.05. The van der Waals surface area contributed by atoms with Crippen molar-refractivity contribution in [2.24, 2.45) is 5.92 Å². The van der Waals surface area contributed by atoms with Gasteiger partial charge in [-0.25, -0.2) is 4.79 Å². The summed E-state index contributed by atoms with van der Waals surface area (Å²) in [6.07, 6.45) is 6.32. The van der Waals surface area contributed by atoms with Gasteiger partial charge in [-0.1, -0.05) is 0 Å².